The Kier molecular flexibility index (Phi) is 11.5. The number of carbonyl (C=O) groups is 1. The fourth-order valence-electron chi connectivity index (χ4n) is 5.78. The summed E-state index contributed by atoms with van der Waals surface area (Å²) in [5.41, 5.74) is 2.19. The van der Waals surface area contributed by atoms with Gasteiger partial charge in [0, 0.05) is 38.7 Å². The minimum Gasteiger partial charge on any atom is -0.493 e. The van der Waals surface area contributed by atoms with Crippen molar-refractivity contribution < 1.29 is 18.3 Å². The molecule has 2 heterocycles. The van der Waals surface area contributed by atoms with E-state index in [9.17, 15) is 13.6 Å². The van der Waals surface area contributed by atoms with Gasteiger partial charge >= 0.3 is 6.03 Å². The first-order chi connectivity index (χ1) is 21.2. The van der Waals surface area contributed by atoms with E-state index >= 15 is 0 Å². The van der Waals surface area contributed by atoms with Crippen molar-refractivity contribution in [1.82, 2.24) is 14.7 Å². The number of nitrogens with zero attached hydrogens (tertiary/aromatic N) is 4. The van der Waals surface area contributed by atoms with E-state index in [1.54, 1.807) is 17.0 Å². The highest BCUT2D eigenvalue weighted by molar-refractivity contribution is 6.11. The maximum atomic E-state index is 14.7. The normalized spacial score (nSPS) is 19.9. The van der Waals surface area contributed by atoms with Crippen LogP contribution in [0.5, 0.6) is 5.75 Å². The van der Waals surface area contributed by atoms with Crippen molar-refractivity contribution in [3.63, 3.8) is 0 Å². The molecular weight excluding hydrogens is 558 g/mol. The van der Waals surface area contributed by atoms with E-state index in [1.165, 1.54) is 12.1 Å². The molecule has 2 unspecified atom stereocenters. The van der Waals surface area contributed by atoms with Crippen molar-refractivity contribution in [2.75, 3.05) is 39.3 Å². The van der Waals surface area contributed by atoms with Crippen molar-refractivity contribution in [2.45, 2.75) is 65.0 Å². The number of amidine groups is 1. The molecule has 8 heteroatoms. The van der Waals surface area contributed by atoms with Crippen molar-refractivity contribution in [3.8, 4) is 5.75 Å². The van der Waals surface area contributed by atoms with Gasteiger partial charge in [-0.05, 0) is 49.6 Å². The number of urea groups is 1. The molecule has 0 saturated carbocycles. The third-order valence-electron chi connectivity index (χ3n) is 8.11. The zero-order valence-corrected chi connectivity index (χ0v) is 26.5. The molecule has 0 N–H and O–H groups in total. The Hall–Kier alpha value is -3.78. The Morgan fingerprint density at radius 1 is 1.09 bits per heavy atom. The largest absolute Gasteiger partial charge is 0.493 e. The van der Waals surface area contributed by atoms with Gasteiger partial charge in [0.1, 0.15) is 17.6 Å². The number of amides is 2. The summed E-state index contributed by atoms with van der Waals surface area (Å²) >= 11 is 0. The Bertz CT molecular complexity index is 1360. The molecule has 2 aromatic carbocycles. The van der Waals surface area contributed by atoms with Crippen LogP contribution in [0.15, 0.2) is 90.0 Å². The van der Waals surface area contributed by atoms with Crippen LogP contribution in [0.1, 0.15) is 69.7 Å². The van der Waals surface area contributed by atoms with Crippen LogP contribution >= 0.6 is 0 Å². The maximum absolute atomic E-state index is 14.7. The number of rotatable bonds is 12. The zero-order valence-electron chi connectivity index (χ0n) is 26.5. The monoisotopic (exact) mass is 604 g/mol. The smallest absolute Gasteiger partial charge is 0.326 e. The molecule has 4 rings (SSSR count). The van der Waals surface area contributed by atoms with Crippen LogP contribution in [0, 0.1) is 0 Å². The number of unbranched alkanes of at least 4 members (excludes halogenated alkanes) is 1. The van der Waals surface area contributed by atoms with E-state index in [2.05, 4.69) is 31.4 Å². The van der Waals surface area contributed by atoms with Crippen LogP contribution < -0.4 is 4.74 Å². The number of halogens is 2. The number of hydrogen-bond donors (Lipinski definition) is 0. The third-order valence-corrected chi connectivity index (χ3v) is 8.11. The number of allylic oxidation sites excluding steroid dienone is 3. The predicted molar refractivity (Wildman–Crippen MR) is 175 cm³/mol. The molecule has 6 nitrogen and oxygen atoms in total. The van der Waals surface area contributed by atoms with E-state index < -0.39 is 18.0 Å². The van der Waals surface area contributed by atoms with Crippen molar-refractivity contribution in [2.24, 2.45) is 4.99 Å². The second kappa shape index (κ2) is 15.3. The first-order valence-corrected chi connectivity index (χ1v) is 15.8. The fraction of sp³-hybridized carbons (Fsp3) is 0.444. The third kappa shape index (κ3) is 7.65. The highest BCUT2D eigenvalue weighted by Crippen LogP contribution is 2.41. The van der Waals surface area contributed by atoms with E-state index in [0.717, 1.165) is 57.0 Å². The van der Waals surface area contributed by atoms with Gasteiger partial charge in [0.25, 0.3) is 5.92 Å². The van der Waals surface area contributed by atoms with Crippen LogP contribution in [0.25, 0.3) is 0 Å². The summed E-state index contributed by atoms with van der Waals surface area (Å²) in [6.07, 6.45) is 10.8. The van der Waals surface area contributed by atoms with Crippen LogP contribution in [0.4, 0.5) is 13.6 Å². The lowest BCUT2D eigenvalue weighted by Crippen LogP contribution is -2.56. The number of carbonyl (C=O) groups excluding carboxylic acids is 1. The standard InChI is InChI=1S/C36H46F2N4O2/c1-6-10-16-28(15-8-3)33-32(27-17-13-12-14-18-27)39-34(30-20-19-29(36(5,37)38)26-31(30)44-9-4)42(33)35(43)41-24-22-40(23-25-41)21-11-7-2/h8,10,12-20,26,32-33H,3,6-7,9,11,21-25H2,1-2,4-5H3/b16-10-,28-15+. The highest BCUT2D eigenvalue weighted by atomic mass is 19.3. The van der Waals surface area contributed by atoms with Gasteiger partial charge in [-0.3, -0.25) is 14.8 Å². The zero-order chi connectivity index (χ0) is 31.7. The van der Waals surface area contributed by atoms with Crippen molar-refractivity contribution >= 4 is 11.9 Å². The van der Waals surface area contributed by atoms with Gasteiger partial charge in [0.05, 0.1) is 18.2 Å². The minimum absolute atomic E-state index is 0.154. The molecule has 2 atom stereocenters. The van der Waals surface area contributed by atoms with E-state index in [4.69, 9.17) is 9.73 Å². The summed E-state index contributed by atoms with van der Waals surface area (Å²) in [4.78, 5) is 26.0. The van der Waals surface area contributed by atoms with Crippen LogP contribution in [0.2, 0.25) is 0 Å². The summed E-state index contributed by atoms with van der Waals surface area (Å²) in [7, 11) is 0. The lowest BCUT2D eigenvalue weighted by molar-refractivity contribution is 0.0172. The van der Waals surface area contributed by atoms with E-state index in [1.807, 2.05) is 54.3 Å². The van der Waals surface area contributed by atoms with Gasteiger partial charge in [0.15, 0.2) is 0 Å². The predicted octanol–water partition coefficient (Wildman–Crippen LogP) is 7.99. The fourth-order valence-corrected chi connectivity index (χ4v) is 5.78. The van der Waals surface area contributed by atoms with Gasteiger partial charge in [-0.2, -0.15) is 0 Å². The molecular formula is C36H46F2N4O2. The molecule has 0 aromatic heterocycles. The number of piperazine rings is 1. The number of hydrogen-bond acceptors (Lipinski definition) is 4. The van der Waals surface area contributed by atoms with E-state index in [-0.39, 0.29) is 24.0 Å². The van der Waals surface area contributed by atoms with Gasteiger partial charge in [-0.25, -0.2) is 13.6 Å². The second-order valence-electron chi connectivity index (χ2n) is 11.3. The molecule has 0 bridgehead atoms. The Balaban J connectivity index is 1.87. The molecule has 2 aromatic rings. The summed E-state index contributed by atoms with van der Waals surface area (Å²) in [5.74, 6) is -2.36. The number of aliphatic imine (C=N–C) groups is 1. The van der Waals surface area contributed by atoms with Gasteiger partial charge in [-0.15, -0.1) is 0 Å². The molecule has 0 aliphatic carbocycles. The Labute approximate surface area is 261 Å². The summed E-state index contributed by atoms with van der Waals surface area (Å²) < 4.78 is 34.8. The lowest BCUT2D eigenvalue weighted by atomic mass is 9.92. The van der Waals surface area contributed by atoms with Crippen molar-refractivity contribution in [1.29, 1.82) is 0 Å². The molecule has 2 aliphatic heterocycles. The molecule has 236 valence electrons. The van der Waals surface area contributed by atoms with Crippen LogP contribution in [0.3, 0.4) is 0 Å². The summed E-state index contributed by atoms with van der Waals surface area (Å²) in [6.45, 7) is 15.0. The first kappa shape index (κ1) is 33.1. The van der Waals surface area contributed by atoms with E-state index in [0.29, 0.717) is 24.5 Å². The minimum atomic E-state index is -3.05. The van der Waals surface area contributed by atoms with Gasteiger partial charge in [0.2, 0.25) is 0 Å². The van der Waals surface area contributed by atoms with Crippen molar-refractivity contribution in [3.05, 3.63) is 102 Å². The average Bonchev–Trinajstić information content (AvgIpc) is 3.42. The quantitative estimate of drug-likeness (QED) is 0.231. The lowest BCUT2D eigenvalue weighted by Gasteiger charge is -2.39. The SMILES string of the molecule is C=C/C=C(\C=C/CC)C1C(c2ccccc2)N=C(c2ccc(C(C)(F)F)cc2OCC)N1C(=O)N1CCN(CCCC)CC1. The molecule has 1 saturated heterocycles. The average molecular weight is 605 g/mol. The highest BCUT2D eigenvalue weighted by Gasteiger charge is 2.45. The van der Waals surface area contributed by atoms with Crippen LogP contribution in [-0.4, -0.2) is 71.9 Å². The number of benzene rings is 2. The maximum Gasteiger partial charge on any atom is 0.326 e. The molecule has 44 heavy (non-hydrogen) atoms. The number of ether oxygens (including phenoxy) is 1. The second-order valence-corrected chi connectivity index (χ2v) is 11.3. The topological polar surface area (TPSA) is 48.4 Å². The van der Waals surface area contributed by atoms with Gasteiger partial charge in [-0.1, -0.05) is 87.5 Å². The summed E-state index contributed by atoms with van der Waals surface area (Å²) in [6, 6.07) is 13.2. The first-order valence-electron chi connectivity index (χ1n) is 15.8. The number of alkyl halides is 2. The van der Waals surface area contributed by atoms with Gasteiger partial charge < -0.3 is 9.64 Å². The summed E-state index contributed by atoms with van der Waals surface area (Å²) in [5, 5.41) is 0. The molecule has 0 spiro atoms. The molecule has 2 amide bonds. The molecule has 1 fully saturated rings. The molecule has 2 aliphatic rings. The van der Waals surface area contributed by atoms with Crippen LogP contribution in [-0.2, 0) is 5.92 Å². The Morgan fingerprint density at radius 3 is 2.43 bits per heavy atom. The Morgan fingerprint density at radius 2 is 1.82 bits per heavy atom. The molecule has 0 radical (unpaired) electrons.